The summed E-state index contributed by atoms with van der Waals surface area (Å²) in [5.74, 6) is -0.790. The molecular weight excluding hydrogens is 249 g/mol. The number of nitrogens with two attached hydrogens (primary N) is 1. The van der Waals surface area contributed by atoms with Crippen LogP contribution in [-0.4, -0.2) is 22.6 Å². The van der Waals surface area contributed by atoms with E-state index in [2.05, 4.69) is 9.72 Å². The molecule has 19 heavy (non-hydrogen) atoms. The molecule has 1 atom stereocenters. The molecule has 0 saturated carbocycles. The van der Waals surface area contributed by atoms with Gasteiger partial charge in [-0.15, -0.1) is 0 Å². The van der Waals surface area contributed by atoms with E-state index in [9.17, 15) is 9.18 Å². The first-order valence-corrected chi connectivity index (χ1v) is 5.71. The van der Waals surface area contributed by atoms with Crippen LogP contribution in [0.15, 0.2) is 30.6 Å². The third kappa shape index (κ3) is 2.29. The number of benzene rings is 1. The fourth-order valence-corrected chi connectivity index (χ4v) is 1.90. The number of nitrogens with zero attached hydrogens (tertiary/aromatic N) is 2. The third-order valence-electron chi connectivity index (χ3n) is 2.98. The number of hydrogen-bond acceptors (Lipinski definition) is 4. The fourth-order valence-electron chi connectivity index (χ4n) is 1.90. The maximum Gasteiger partial charge on any atom is 0.360 e. The summed E-state index contributed by atoms with van der Waals surface area (Å²) in [5, 5.41) is 0. The molecule has 2 N–H and O–H groups in total. The standard InChI is InChI=1S/C13H14FN3O2/c1-8(9-5-3-4-6-10(9)14)17-7-16-11(12(17)15)13(18)19-2/h3-8H,15H2,1-2H3. The predicted molar refractivity (Wildman–Crippen MR) is 68.2 cm³/mol. The maximum absolute atomic E-state index is 13.7. The Hall–Kier alpha value is -2.37. The molecule has 0 fully saturated rings. The molecule has 1 aromatic heterocycles. The van der Waals surface area contributed by atoms with Gasteiger partial charge < -0.3 is 15.0 Å². The minimum absolute atomic E-state index is 0.0330. The number of esters is 1. The molecule has 0 saturated heterocycles. The summed E-state index contributed by atoms with van der Waals surface area (Å²) in [4.78, 5) is 15.3. The normalized spacial score (nSPS) is 12.2. The molecule has 0 aliphatic carbocycles. The maximum atomic E-state index is 13.7. The highest BCUT2D eigenvalue weighted by Gasteiger charge is 2.20. The van der Waals surface area contributed by atoms with Crippen molar-refractivity contribution < 1.29 is 13.9 Å². The van der Waals surface area contributed by atoms with Gasteiger partial charge in [0, 0.05) is 5.56 Å². The van der Waals surface area contributed by atoms with E-state index in [-0.39, 0.29) is 23.4 Å². The zero-order chi connectivity index (χ0) is 14.0. The number of rotatable bonds is 3. The van der Waals surface area contributed by atoms with Gasteiger partial charge in [-0.25, -0.2) is 14.2 Å². The van der Waals surface area contributed by atoms with E-state index in [1.165, 1.54) is 24.1 Å². The van der Waals surface area contributed by atoms with Crippen molar-refractivity contribution in [1.29, 1.82) is 0 Å². The van der Waals surface area contributed by atoms with Gasteiger partial charge in [0.15, 0.2) is 5.69 Å². The van der Waals surface area contributed by atoms with Crippen LogP contribution in [0.1, 0.15) is 29.0 Å². The van der Waals surface area contributed by atoms with E-state index in [0.717, 1.165) is 0 Å². The molecule has 1 aromatic carbocycles. The molecule has 6 heteroatoms. The second-order valence-electron chi connectivity index (χ2n) is 4.07. The van der Waals surface area contributed by atoms with Crippen LogP contribution >= 0.6 is 0 Å². The Morgan fingerprint density at radius 2 is 2.16 bits per heavy atom. The van der Waals surface area contributed by atoms with Crippen LogP contribution in [0.25, 0.3) is 0 Å². The van der Waals surface area contributed by atoms with Crippen molar-refractivity contribution in [3.8, 4) is 0 Å². The van der Waals surface area contributed by atoms with Gasteiger partial charge in [0.2, 0.25) is 0 Å². The molecule has 2 aromatic rings. The lowest BCUT2D eigenvalue weighted by Gasteiger charge is -2.16. The van der Waals surface area contributed by atoms with Crippen LogP contribution in [0.3, 0.4) is 0 Å². The summed E-state index contributed by atoms with van der Waals surface area (Å²) < 4.78 is 19.8. The lowest BCUT2D eigenvalue weighted by atomic mass is 10.1. The highest BCUT2D eigenvalue weighted by Crippen LogP contribution is 2.25. The topological polar surface area (TPSA) is 70.1 Å². The SMILES string of the molecule is COC(=O)c1ncn(C(C)c2ccccc2F)c1N. The molecule has 0 radical (unpaired) electrons. The van der Waals surface area contributed by atoms with Crippen molar-refractivity contribution in [3.63, 3.8) is 0 Å². The van der Waals surface area contributed by atoms with E-state index in [1.54, 1.807) is 25.1 Å². The number of halogens is 1. The van der Waals surface area contributed by atoms with E-state index < -0.39 is 5.97 Å². The van der Waals surface area contributed by atoms with Gasteiger partial charge in [-0.1, -0.05) is 18.2 Å². The summed E-state index contributed by atoms with van der Waals surface area (Å²) in [6.07, 6.45) is 1.40. The van der Waals surface area contributed by atoms with Crippen molar-refractivity contribution in [1.82, 2.24) is 9.55 Å². The number of anilines is 1. The van der Waals surface area contributed by atoms with Crippen molar-refractivity contribution in [3.05, 3.63) is 47.7 Å². The second kappa shape index (κ2) is 5.09. The summed E-state index contributed by atoms with van der Waals surface area (Å²) in [6.45, 7) is 1.78. The summed E-state index contributed by atoms with van der Waals surface area (Å²) in [6, 6.07) is 6.02. The second-order valence-corrected chi connectivity index (χ2v) is 4.07. The Balaban J connectivity index is 2.41. The number of methoxy groups -OCH3 is 1. The number of carbonyl (C=O) groups excluding carboxylic acids is 1. The van der Waals surface area contributed by atoms with Crippen molar-refractivity contribution >= 4 is 11.8 Å². The van der Waals surface area contributed by atoms with Gasteiger partial charge >= 0.3 is 5.97 Å². The van der Waals surface area contributed by atoms with Crippen LogP contribution < -0.4 is 5.73 Å². The average molecular weight is 263 g/mol. The highest BCUT2D eigenvalue weighted by atomic mass is 19.1. The zero-order valence-corrected chi connectivity index (χ0v) is 10.6. The Morgan fingerprint density at radius 3 is 2.79 bits per heavy atom. The lowest BCUT2D eigenvalue weighted by Crippen LogP contribution is -2.12. The summed E-state index contributed by atoms with van der Waals surface area (Å²) in [7, 11) is 1.25. The van der Waals surface area contributed by atoms with Crippen LogP contribution in [0, 0.1) is 5.82 Å². The molecule has 0 bridgehead atoms. The Kier molecular flexibility index (Phi) is 3.50. The molecular formula is C13H14FN3O2. The Labute approximate surface area is 109 Å². The molecule has 0 amide bonds. The number of ether oxygens (including phenoxy) is 1. The number of aromatic nitrogens is 2. The van der Waals surface area contributed by atoms with Gasteiger partial charge in [0.1, 0.15) is 11.6 Å². The van der Waals surface area contributed by atoms with Crippen LogP contribution in [0.2, 0.25) is 0 Å². The first-order chi connectivity index (χ1) is 9.06. The number of carbonyl (C=O) groups is 1. The van der Waals surface area contributed by atoms with E-state index >= 15 is 0 Å². The monoisotopic (exact) mass is 263 g/mol. The van der Waals surface area contributed by atoms with E-state index in [1.807, 2.05) is 0 Å². The first-order valence-electron chi connectivity index (χ1n) is 5.71. The van der Waals surface area contributed by atoms with Crippen molar-refractivity contribution in [2.45, 2.75) is 13.0 Å². The summed E-state index contributed by atoms with van der Waals surface area (Å²) in [5.41, 5.74) is 6.35. The highest BCUT2D eigenvalue weighted by molar-refractivity contribution is 5.92. The molecule has 2 rings (SSSR count). The smallest absolute Gasteiger partial charge is 0.360 e. The quantitative estimate of drug-likeness (QED) is 0.860. The van der Waals surface area contributed by atoms with Crippen LogP contribution in [0.5, 0.6) is 0 Å². The molecule has 0 aliphatic heterocycles. The average Bonchev–Trinajstić information content (AvgIpc) is 2.79. The molecule has 1 heterocycles. The Bertz CT molecular complexity index is 610. The lowest BCUT2D eigenvalue weighted by molar-refractivity contribution is 0.0596. The zero-order valence-electron chi connectivity index (χ0n) is 10.6. The fraction of sp³-hybridized carbons (Fsp3) is 0.231. The minimum atomic E-state index is -0.614. The minimum Gasteiger partial charge on any atom is -0.464 e. The Morgan fingerprint density at radius 1 is 1.47 bits per heavy atom. The number of hydrogen-bond donors (Lipinski definition) is 1. The van der Waals surface area contributed by atoms with Gasteiger partial charge in [-0.2, -0.15) is 0 Å². The van der Waals surface area contributed by atoms with Gasteiger partial charge in [0.05, 0.1) is 19.5 Å². The van der Waals surface area contributed by atoms with E-state index in [4.69, 9.17) is 5.73 Å². The van der Waals surface area contributed by atoms with Crippen molar-refractivity contribution in [2.24, 2.45) is 0 Å². The van der Waals surface area contributed by atoms with Gasteiger partial charge in [-0.05, 0) is 13.0 Å². The van der Waals surface area contributed by atoms with Crippen molar-refractivity contribution in [2.75, 3.05) is 12.8 Å². The third-order valence-corrected chi connectivity index (χ3v) is 2.98. The van der Waals surface area contributed by atoms with Gasteiger partial charge in [-0.3, -0.25) is 0 Å². The van der Waals surface area contributed by atoms with Crippen LogP contribution in [-0.2, 0) is 4.74 Å². The molecule has 0 aliphatic rings. The number of imidazole rings is 1. The number of nitrogen functional groups attached to an aromatic ring is 1. The summed E-state index contributed by atoms with van der Waals surface area (Å²) >= 11 is 0. The van der Waals surface area contributed by atoms with E-state index in [0.29, 0.717) is 5.56 Å². The largest absolute Gasteiger partial charge is 0.464 e. The molecule has 0 spiro atoms. The molecule has 5 nitrogen and oxygen atoms in total. The first kappa shape index (κ1) is 13.1. The van der Waals surface area contributed by atoms with Crippen LogP contribution in [0.4, 0.5) is 10.2 Å². The molecule has 1 unspecified atom stereocenters. The molecule has 100 valence electrons. The van der Waals surface area contributed by atoms with Gasteiger partial charge in [0.25, 0.3) is 0 Å². The predicted octanol–water partition coefficient (Wildman–Crippen LogP) is 2.00.